The van der Waals surface area contributed by atoms with E-state index in [4.69, 9.17) is 14.3 Å². The minimum absolute atomic E-state index is 0.118. The van der Waals surface area contributed by atoms with E-state index in [0.717, 1.165) is 22.4 Å². The van der Waals surface area contributed by atoms with Crippen molar-refractivity contribution in [3.05, 3.63) is 77.7 Å². The van der Waals surface area contributed by atoms with Crippen molar-refractivity contribution in [2.24, 2.45) is 0 Å². The van der Waals surface area contributed by atoms with Crippen molar-refractivity contribution in [1.82, 2.24) is 0 Å². The van der Waals surface area contributed by atoms with Crippen LogP contribution in [-0.2, 0) is 17.8 Å². The van der Waals surface area contributed by atoms with Crippen LogP contribution in [0.2, 0.25) is 0 Å². The molecule has 0 radical (unpaired) electrons. The van der Waals surface area contributed by atoms with Gasteiger partial charge in [0.25, 0.3) is 0 Å². The summed E-state index contributed by atoms with van der Waals surface area (Å²) in [4.78, 5) is 10.7. The largest absolute Gasteiger partial charge is 0.489 e. The Morgan fingerprint density at radius 2 is 1.71 bits per heavy atom. The number of carboxylic acids is 1. The molecular formula is C20H18O4. The number of aliphatic carboxylic acids is 1. The van der Waals surface area contributed by atoms with Crippen LogP contribution in [0.3, 0.4) is 0 Å². The summed E-state index contributed by atoms with van der Waals surface area (Å²) in [6, 6.07) is 19.8. The molecule has 0 unspecified atom stereocenters. The van der Waals surface area contributed by atoms with Crippen molar-refractivity contribution in [3.8, 4) is 16.9 Å². The Hall–Kier alpha value is -3.01. The van der Waals surface area contributed by atoms with Gasteiger partial charge in [-0.15, -0.1) is 0 Å². The molecule has 3 rings (SSSR count). The smallest absolute Gasteiger partial charge is 0.311 e. The Morgan fingerprint density at radius 1 is 1.04 bits per heavy atom. The fourth-order valence-corrected chi connectivity index (χ4v) is 2.50. The summed E-state index contributed by atoms with van der Waals surface area (Å²) in [6.07, 6.45) is -0.118. The number of ether oxygens (including phenoxy) is 1. The lowest BCUT2D eigenvalue weighted by Gasteiger charge is -2.07. The monoisotopic (exact) mass is 322 g/mol. The topological polar surface area (TPSA) is 59.7 Å². The molecule has 1 aromatic heterocycles. The van der Waals surface area contributed by atoms with Crippen LogP contribution in [0, 0.1) is 6.92 Å². The molecule has 4 nitrogen and oxygen atoms in total. The molecule has 1 heterocycles. The maximum Gasteiger partial charge on any atom is 0.311 e. The molecule has 0 spiro atoms. The SMILES string of the molecule is Cc1oc(CC(=O)O)cc1COc1ccc(-c2ccccc2)cc1. The highest BCUT2D eigenvalue weighted by Gasteiger charge is 2.11. The molecule has 0 saturated carbocycles. The van der Waals surface area contributed by atoms with Gasteiger partial charge in [0.1, 0.15) is 30.3 Å². The zero-order valence-corrected chi connectivity index (χ0v) is 13.4. The van der Waals surface area contributed by atoms with Gasteiger partial charge in [0.15, 0.2) is 0 Å². The Balaban J connectivity index is 1.65. The van der Waals surface area contributed by atoms with Gasteiger partial charge in [0, 0.05) is 5.56 Å². The first-order valence-electron chi connectivity index (χ1n) is 7.70. The molecule has 0 atom stereocenters. The molecule has 0 amide bonds. The van der Waals surface area contributed by atoms with E-state index in [-0.39, 0.29) is 6.42 Å². The van der Waals surface area contributed by atoms with E-state index in [9.17, 15) is 4.79 Å². The van der Waals surface area contributed by atoms with Crippen LogP contribution in [0.5, 0.6) is 5.75 Å². The molecule has 2 aromatic carbocycles. The number of hydrogen-bond donors (Lipinski definition) is 1. The second-order valence-electron chi connectivity index (χ2n) is 5.54. The van der Waals surface area contributed by atoms with E-state index in [2.05, 4.69) is 12.1 Å². The lowest BCUT2D eigenvalue weighted by Crippen LogP contribution is -1.98. The molecule has 0 bridgehead atoms. The summed E-state index contributed by atoms with van der Waals surface area (Å²) in [6.45, 7) is 2.15. The van der Waals surface area contributed by atoms with Crippen LogP contribution in [0.25, 0.3) is 11.1 Å². The highest BCUT2D eigenvalue weighted by Crippen LogP contribution is 2.23. The van der Waals surface area contributed by atoms with Crippen LogP contribution in [0.4, 0.5) is 0 Å². The third-order valence-corrected chi connectivity index (χ3v) is 3.75. The Bertz CT molecular complexity index is 817. The van der Waals surface area contributed by atoms with Crippen molar-refractivity contribution >= 4 is 5.97 Å². The van der Waals surface area contributed by atoms with Crippen LogP contribution >= 0.6 is 0 Å². The molecule has 0 fully saturated rings. The number of furan rings is 1. The highest BCUT2D eigenvalue weighted by atomic mass is 16.5. The first-order chi connectivity index (χ1) is 11.6. The fourth-order valence-electron chi connectivity index (χ4n) is 2.50. The maximum atomic E-state index is 10.7. The van der Waals surface area contributed by atoms with Crippen molar-refractivity contribution in [2.75, 3.05) is 0 Å². The number of rotatable bonds is 6. The third-order valence-electron chi connectivity index (χ3n) is 3.75. The summed E-state index contributed by atoms with van der Waals surface area (Å²) in [5.74, 6) is 0.980. The van der Waals surface area contributed by atoms with Gasteiger partial charge in [-0.25, -0.2) is 0 Å². The van der Waals surface area contributed by atoms with Crippen LogP contribution in [-0.4, -0.2) is 11.1 Å². The number of carboxylic acid groups (broad SMARTS) is 1. The summed E-state index contributed by atoms with van der Waals surface area (Å²) >= 11 is 0. The average Bonchev–Trinajstić information content (AvgIpc) is 2.93. The zero-order chi connectivity index (χ0) is 16.9. The van der Waals surface area contributed by atoms with Crippen LogP contribution in [0.15, 0.2) is 65.1 Å². The second-order valence-corrected chi connectivity index (χ2v) is 5.54. The number of hydrogen-bond acceptors (Lipinski definition) is 3. The van der Waals surface area contributed by atoms with E-state index in [1.165, 1.54) is 0 Å². The van der Waals surface area contributed by atoms with Gasteiger partial charge in [0.2, 0.25) is 0 Å². The minimum Gasteiger partial charge on any atom is -0.489 e. The van der Waals surface area contributed by atoms with E-state index >= 15 is 0 Å². The Morgan fingerprint density at radius 3 is 2.38 bits per heavy atom. The maximum absolute atomic E-state index is 10.7. The van der Waals surface area contributed by atoms with Crippen molar-refractivity contribution in [3.63, 3.8) is 0 Å². The van der Waals surface area contributed by atoms with Gasteiger partial charge in [-0.05, 0) is 36.2 Å². The zero-order valence-electron chi connectivity index (χ0n) is 13.4. The van der Waals surface area contributed by atoms with Gasteiger partial charge in [-0.2, -0.15) is 0 Å². The van der Waals surface area contributed by atoms with Crippen LogP contribution < -0.4 is 4.74 Å². The molecule has 0 aliphatic heterocycles. The Labute approximate surface area is 140 Å². The Kier molecular flexibility index (Phi) is 4.66. The van der Waals surface area contributed by atoms with E-state index in [0.29, 0.717) is 18.1 Å². The molecule has 122 valence electrons. The molecule has 4 heteroatoms. The summed E-state index contributed by atoms with van der Waals surface area (Å²) in [7, 11) is 0. The molecule has 0 aliphatic carbocycles. The quantitative estimate of drug-likeness (QED) is 0.728. The number of aryl methyl sites for hydroxylation is 1. The average molecular weight is 322 g/mol. The van der Waals surface area contributed by atoms with Crippen molar-refractivity contribution in [2.45, 2.75) is 20.0 Å². The second kappa shape index (κ2) is 7.04. The molecule has 1 N–H and O–H groups in total. The molecule has 0 saturated heterocycles. The molecule has 0 aliphatic rings. The first kappa shape index (κ1) is 15.9. The standard InChI is InChI=1S/C20H18O4/c1-14-17(11-19(24-14)12-20(21)22)13-23-18-9-7-16(8-10-18)15-5-3-2-4-6-15/h2-11H,12-13H2,1H3,(H,21,22). The molecule has 24 heavy (non-hydrogen) atoms. The lowest BCUT2D eigenvalue weighted by atomic mass is 10.1. The normalized spacial score (nSPS) is 10.5. The summed E-state index contributed by atoms with van der Waals surface area (Å²) in [5.41, 5.74) is 3.15. The predicted molar refractivity (Wildman–Crippen MR) is 91.0 cm³/mol. The van der Waals surface area contributed by atoms with Gasteiger partial charge >= 0.3 is 5.97 Å². The van der Waals surface area contributed by atoms with Gasteiger partial charge in [0.05, 0.1) is 0 Å². The highest BCUT2D eigenvalue weighted by molar-refractivity contribution is 5.69. The van der Waals surface area contributed by atoms with E-state index in [1.54, 1.807) is 6.07 Å². The summed E-state index contributed by atoms with van der Waals surface area (Å²) in [5, 5.41) is 8.80. The number of benzene rings is 2. The minimum atomic E-state index is -0.910. The van der Waals surface area contributed by atoms with Crippen molar-refractivity contribution < 1.29 is 19.1 Å². The molecular weight excluding hydrogens is 304 g/mol. The van der Waals surface area contributed by atoms with Crippen LogP contribution in [0.1, 0.15) is 17.1 Å². The van der Waals surface area contributed by atoms with E-state index < -0.39 is 5.97 Å². The first-order valence-corrected chi connectivity index (χ1v) is 7.70. The van der Waals surface area contributed by atoms with Gasteiger partial charge in [-0.3, -0.25) is 4.79 Å². The molecule has 3 aromatic rings. The van der Waals surface area contributed by atoms with E-state index in [1.807, 2.05) is 49.4 Å². The fraction of sp³-hybridized carbons (Fsp3) is 0.150. The lowest BCUT2D eigenvalue weighted by molar-refractivity contribution is -0.136. The third kappa shape index (κ3) is 3.84. The number of carbonyl (C=O) groups is 1. The van der Waals surface area contributed by atoms with Gasteiger partial charge < -0.3 is 14.3 Å². The van der Waals surface area contributed by atoms with Crippen molar-refractivity contribution in [1.29, 1.82) is 0 Å². The van der Waals surface area contributed by atoms with Gasteiger partial charge in [-0.1, -0.05) is 42.5 Å². The summed E-state index contributed by atoms with van der Waals surface area (Å²) < 4.78 is 11.2. The predicted octanol–water partition coefficient (Wildman–Crippen LogP) is 4.46.